The number of ketones is 1. The molecule has 0 spiro atoms. The second-order valence-electron chi connectivity index (χ2n) is 11.3. The van der Waals surface area contributed by atoms with Gasteiger partial charge in [0.25, 0.3) is 0 Å². The number of benzene rings is 3. The zero-order chi connectivity index (χ0) is 28.2. The Morgan fingerprint density at radius 2 is 1.65 bits per heavy atom. The molecule has 3 aromatic carbocycles. The van der Waals surface area contributed by atoms with Crippen LogP contribution >= 0.6 is 0 Å². The Kier molecular flexibility index (Phi) is 8.39. The number of fused-ring (bicyclic) bond motifs is 1. The summed E-state index contributed by atoms with van der Waals surface area (Å²) in [5.41, 5.74) is 6.56. The summed E-state index contributed by atoms with van der Waals surface area (Å²) >= 11 is 0. The number of rotatable bonds is 8. The molecule has 5 nitrogen and oxygen atoms in total. The Morgan fingerprint density at radius 3 is 2.35 bits per heavy atom. The highest BCUT2D eigenvalue weighted by Gasteiger charge is 2.41. The fourth-order valence-electron chi connectivity index (χ4n) is 5.90. The van der Waals surface area contributed by atoms with E-state index in [1.54, 1.807) is 0 Å². The summed E-state index contributed by atoms with van der Waals surface area (Å²) in [5.74, 6) is 0.986. The molecule has 0 saturated carbocycles. The van der Waals surface area contributed by atoms with Crippen LogP contribution < -0.4 is 15.0 Å². The van der Waals surface area contributed by atoms with E-state index >= 15 is 0 Å². The Balaban J connectivity index is 1.63. The van der Waals surface area contributed by atoms with Gasteiger partial charge in [-0.25, -0.2) is 0 Å². The maximum Gasteiger partial charge on any atom is 0.227 e. The molecule has 0 aromatic heterocycles. The van der Waals surface area contributed by atoms with Crippen LogP contribution in [0.15, 0.2) is 84.1 Å². The van der Waals surface area contributed by atoms with E-state index in [1.165, 1.54) is 11.1 Å². The molecule has 40 heavy (non-hydrogen) atoms. The van der Waals surface area contributed by atoms with E-state index in [4.69, 9.17) is 4.74 Å². The van der Waals surface area contributed by atoms with Gasteiger partial charge >= 0.3 is 0 Å². The molecule has 0 saturated heterocycles. The first kappa shape index (κ1) is 27.7. The lowest BCUT2D eigenvalue weighted by molar-refractivity contribution is -0.119. The van der Waals surface area contributed by atoms with E-state index in [2.05, 4.69) is 43.4 Å². The predicted octanol–water partition coefficient (Wildman–Crippen LogP) is 8.26. The maximum absolute atomic E-state index is 14.1. The molecule has 5 heteroatoms. The van der Waals surface area contributed by atoms with Crippen molar-refractivity contribution in [3.05, 3.63) is 101 Å². The maximum atomic E-state index is 14.1. The number of carbonyl (C=O) groups excluding carboxylic acids is 2. The first-order valence-electron chi connectivity index (χ1n) is 14.6. The van der Waals surface area contributed by atoms with Crippen molar-refractivity contribution in [2.24, 2.45) is 0 Å². The third kappa shape index (κ3) is 5.84. The SMILES string of the molecule is CCCCCC(=O)N1c2ccccc2NC2=C(C(=O)C[C@H](c3ccc(C)cc3)C2)[C@H]1c1ccc(OC(C)C)cc1. The summed E-state index contributed by atoms with van der Waals surface area (Å²) in [4.78, 5) is 30.0. The number of aryl methyl sites for hydroxylation is 1. The highest BCUT2D eigenvalue weighted by molar-refractivity contribution is 6.06. The fourth-order valence-corrected chi connectivity index (χ4v) is 5.90. The van der Waals surface area contributed by atoms with E-state index in [9.17, 15) is 9.59 Å². The van der Waals surface area contributed by atoms with Gasteiger partial charge < -0.3 is 10.1 Å². The molecule has 1 heterocycles. The highest BCUT2D eigenvalue weighted by atomic mass is 16.5. The summed E-state index contributed by atoms with van der Waals surface area (Å²) in [5, 5.41) is 3.63. The summed E-state index contributed by atoms with van der Waals surface area (Å²) in [7, 11) is 0. The normalized spacial score (nSPS) is 18.6. The molecule has 5 rings (SSSR count). The number of nitrogens with zero attached hydrogens (tertiary/aromatic N) is 1. The van der Waals surface area contributed by atoms with E-state index in [-0.39, 0.29) is 23.7 Å². The monoisotopic (exact) mass is 536 g/mol. The zero-order valence-electron chi connectivity index (χ0n) is 24.1. The van der Waals surface area contributed by atoms with Gasteiger partial charge in [-0.15, -0.1) is 0 Å². The number of hydrogen-bond acceptors (Lipinski definition) is 4. The van der Waals surface area contributed by atoms with Gasteiger partial charge in [-0.05, 0) is 74.9 Å². The number of hydrogen-bond donors (Lipinski definition) is 1. The van der Waals surface area contributed by atoms with Crippen LogP contribution in [-0.4, -0.2) is 17.8 Å². The van der Waals surface area contributed by atoms with Gasteiger partial charge in [0.15, 0.2) is 5.78 Å². The van der Waals surface area contributed by atoms with Gasteiger partial charge in [0.1, 0.15) is 5.75 Å². The summed E-state index contributed by atoms with van der Waals surface area (Å²) < 4.78 is 5.90. The van der Waals surface area contributed by atoms with Gasteiger partial charge in [0.2, 0.25) is 5.91 Å². The Hall–Kier alpha value is -3.86. The Bertz CT molecular complexity index is 1390. The van der Waals surface area contributed by atoms with Crippen molar-refractivity contribution in [3.8, 4) is 5.75 Å². The minimum absolute atomic E-state index is 0.0393. The zero-order valence-corrected chi connectivity index (χ0v) is 24.1. The number of unbranched alkanes of at least 4 members (excludes halogenated alkanes) is 2. The summed E-state index contributed by atoms with van der Waals surface area (Å²) in [6.45, 7) is 8.22. The summed E-state index contributed by atoms with van der Waals surface area (Å²) in [6.07, 6.45) is 4.49. The molecule has 1 amide bonds. The number of carbonyl (C=O) groups is 2. The van der Waals surface area contributed by atoms with Gasteiger partial charge in [-0.2, -0.15) is 0 Å². The molecule has 1 aliphatic heterocycles. The fraction of sp³-hybridized carbons (Fsp3) is 0.371. The Morgan fingerprint density at radius 1 is 0.950 bits per heavy atom. The minimum Gasteiger partial charge on any atom is -0.491 e. The average Bonchev–Trinajstić information content (AvgIpc) is 3.08. The van der Waals surface area contributed by atoms with Crippen LogP contribution in [0.4, 0.5) is 11.4 Å². The van der Waals surface area contributed by atoms with E-state index < -0.39 is 6.04 Å². The Labute approximate surface area is 238 Å². The third-order valence-corrected chi connectivity index (χ3v) is 7.87. The number of amides is 1. The van der Waals surface area contributed by atoms with Crippen LogP contribution in [0.3, 0.4) is 0 Å². The molecule has 0 bridgehead atoms. The summed E-state index contributed by atoms with van der Waals surface area (Å²) in [6, 6.07) is 23.8. The molecule has 0 unspecified atom stereocenters. The largest absolute Gasteiger partial charge is 0.491 e. The van der Waals surface area contributed by atoms with Crippen LogP contribution in [0.2, 0.25) is 0 Å². The van der Waals surface area contributed by atoms with Crippen LogP contribution in [0.1, 0.15) is 87.9 Å². The van der Waals surface area contributed by atoms with Crippen LogP contribution in [0, 0.1) is 6.92 Å². The van der Waals surface area contributed by atoms with Gasteiger partial charge in [-0.1, -0.05) is 73.9 Å². The molecule has 0 fully saturated rings. The second-order valence-corrected chi connectivity index (χ2v) is 11.3. The van der Waals surface area contributed by atoms with Gasteiger partial charge in [0.05, 0.1) is 23.5 Å². The lowest BCUT2D eigenvalue weighted by Crippen LogP contribution is -2.38. The van der Waals surface area contributed by atoms with Crippen LogP contribution in [-0.2, 0) is 9.59 Å². The predicted molar refractivity (Wildman–Crippen MR) is 162 cm³/mol. The first-order valence-corrected chi connectivity index (χ1v) is 14.6. The number of allylic oxidation sites excluding steroid dienone is 1. The molecule has 2 aliphatic rings. The molecule has 3 aromatic rings. The smallest absolute Gasteiger partial charge is 0.227 e. The quantitative estimate of drug-likeness (QED) is 0.294. The molecule has 208 valence electrons. The third-order valence-electron chi connectivity index (χ3n) is 7.87. The molecule has 1 aliphatic carbocycles. The number of ether oxygens (including phenoxy) is 1. The lowest BCUT2D eigenvalue weighted by Gasteiger charge is -2.35. The number of Topliss-reactive ketones (excluding diaryl/α,β-unsaturated/α-hetero) is 1. The number of anilines is 2. The second kappa shape index (κ2) is 12.1. The lowest BCUT2D eigenvalue weighted by atomic mass is 9.78. The van der Waals surface area contributed by atoms with Crippen molar-refractivity contribution in [3.63, 3.8) is 0 Å². The van der Waals surface area contributed by atoms with Crippen LogP contribution in [0.5, 0.6) is 5.75 Å². The highest BCUT2D eigenvalue weighted by Crippen LogP contribution is 2.47. The topological polar surface area (TPSA) is 58.6 Å². The van der Waals surface area contributed by atoms with Gasteiger partial charge in [0, 0.05) is 24.1 Å². The molecule has 0 radical (unpaired) electrons. The molecule has 1 N–H and O–H groups in total. The van der Waals surface area contributed by atoms with Crippen LogP contribution in [0.25, 0.3) is 0 Å². The van der Waals surface area contributed by atoms with Crippen molar-refractivity contribution >= 4 is 23.1 Å². The van der Waals surface area contributed by atoms with E-state index in [0.717, 1.165) is 47.6 Å². The molecular formula is C35H40N2O3. The average molecular weight is 537 g/mol. The minimum atomic E-state index is -0.514. The van der Waals surface area contributed by atoms with Crippen molar-refractivity contribution in [2.45, 2.75) is 84.3 Å². The van der Waals surface area contributed by atoms with Crippen molar-refractivity contribution in [1.82, 2.24) is 0 Å². The van der Waals surface area contributed by atoms with E-state index in [1.807, 2.05) is 67.3 Å². The van der Waals surface area contributed by atoms with E-state index in [0.29, 0.717) is 24.8 Å². The first-order chi connectivity index (χ1) is 19.4. The van der Waals surface area contributed by atoms with Crippen molar-refractivity contribution in [2.75, 3.05) is 10.2 Å². The molecular weight excluding hydrogens is 496 g/mol. The van der Waals surface area contributed by atoms with Crippen molar-refractivity contribution in [1.29, 1.82) is 0 Å². The number of nitrogens with one attached hydrogen (secondary N) is 1. The number of para-hydroxylation sites is 2. The standard InChI is InChI=1S/C35H40N2O3/c1-5-6-7-12-33(39)37-31-11-9-8-10-29(31)36-30-21-27(25-15-13-24(4)14-16-25)22-32(38)34(30)35(37)26-17-19-28(20-18-26)40-23(2)3/h8-11,13-20,23,27,35-36H,5-7,12,21-22H2,1-4H3/t27-,35-/m1/s1. The van der Waals surface area contributed by atoms with Crippen molar-refractivity contribution < 1.29 is 14.3 Å². The van der Waals surface area contributed by atoms with Gasteiger partial charge in [-0.3, -0.25) is 14.5 Å². The molecule has 2 atom stereocenters.